The molecule has 1 amide bonds. The number of hydrogen-bond donors (Lipinski definition) is 1. The topological polar surface area (TPSA) is 50.7 Å². The number of halogens is 2. The first-order valence-corrected chi connectivity index (χ1v) is 7.98. The Balaban J connectivity index is 1.81. The van der Waals surface area contributed by atoms with Gasteiger partial charge in [0.05, 0.1) is 19.1 Å². The molecule has 2 aromatic carbocycles. The fourth-order valence-corrected chi connectivity index (χ4v) is 2.47. The van der Waals surface area contributed by atoms with Crippen molar-refractivity contribution in [1.29, 1.82) is 0 Å². The number of hydrazone groups is 1. The van der Waals surface area contributed by atoms with Crippen molar-refractivity contribution >= 4 is 35.5 Å². The summed E-state index contributed by atoms with van der Waals surface area (Å²) >= 11 is 7.16. The second-order valence-corrected chi connectivity index (χ2v) is 5.91. The summed E-state index contributed by atoms with van der Waals surface area (Å²) in [6, 6.07) is 11.6. The zero-order valence-corrected chi connectivity index (χ0v) is 13.8. The summed E-state index contributed by atoms with van der Waals surface area (Å²) in [5.41, 5.74) is 2.91. The highest BCUT2D eigenvalue weighted by molar-refractivity contribution is 8.00. The minimum absolute atomic E-state index is 0.158. The average molecular weight is 353 g/mol. The maximum atomic E-state index is 13.5. The van der Waals surface area contributed by atoms with E-state index >= 15 is 0 Å². The molecule has 0 aliphatic carbocycles. The van der Waals surface area contributed by atoms with E-state index in [0.717, 1.165) is 4.90 Å². The molecule has 23 heavy (non-hydrogen) atoms. The number of nitrogens with zero attached hydrogens (tertiary/aromatic N) is 1. The van der Waals surface area contributed by atoms with Crippen molar-refractivity contribution < 1.29 is 13.9 Å². The Morgan fingerprint density at radius 2 is 2.09 bits per heavy atom. The van der Waals surface area contributed by atoms with Crippen LogP contribution in [0.3, 0.4) is 0 Å². The molecule has 0 heterocycles. The number of hydrogen-bond acceptors (Lipinski definition) is 4. The molecule has 0 radical (unpaired) electrons. The van der Waals surface area contributed by atoms with Gasteiger partial charge in [-0.1, -0.05) is 11.6 Å². The predicted molar refractivity (Wildman–Crippen MR) is 90.9 cm³/mol. The minimum Gasteiger partial charge on any atom is -0.494 e. The fraction of sp³-hybridized carbons (Fsp3) is 0.125. The van der Waals surface area contributed by atoms with Crippen molar-refractivity contribution in [2.75, 3.05) is 12.9 Å². The number of amides is 1. The Morgan fingerprint density at radius 1 is 1.35 bits per heavy atom. The fourth-order valence-electron chi connectivity index (χ4n) is 1.65. The summed E-state index contributed by atoms with van der Waals surface area (Å²) in [5.74, 6) is -0.363. The van der Waals surface area contributed by atoms with Crippen molar-refractivity contribution in [3.8, 4) is 5.75 Å². The Labute approximate surface area is 142 Å². The van der Waals surface area contributed by atoms with E-state index in [1.807, 2.05) is 12.1 Å². The number of carbonyl (C=O) groups is 1. The summed E-state index contributed by atoms with van der Waals surface area (Å²) in [4.78, 5) is 12.6. The highest BCUT2D eigenvalue weighted by Crippen LogP contribution is 2.20. The molecule has 0 aromatic heterocycles. The first-order valence-electron chi connectivity index (χ1n) is 6.62. The summed E-state index contributed by atoms with van der Waals surface area (Å²) < 4.78 is 18.3. The van der Waals surface area contributed by atoms with Crippen LogP contribution in [-0.4, -0.2) is 25.0 Å². The molecule has 0 unspecified atom stereocenters. The average Bonchev–Trinajstić information content (AvgIpc) is 2.54. The molecule has 0 fully saturated rings. The third kappa shape index (κ3) is 5.58. The van der Waals surface area contributed by atoms with E-state index < -0.39 is 5.82 Å². The third-order valence-electron chi connectivity index (χ3n) is 2.76. The molecule has 2 rings (SSSR count). The second-order valence-electron chi connectivity index (χ2n) is 4.43. The monoisotopic (exact) mass is 352 g/mol. The lowest BCUT2D eigenvalue weighted by atomic mass is 10.2. The van der Waals surface area contributed by atoms with Gasteiger partial charge in [0.15, 0.2) is 11.6 Å². The van der Waals surface area contributed by atoms with Gasteiger partial charge in [0, 0.05) is 9.92 Å². The van der Waals surface area contributed by atoms with Gasteiger partial charge in [0.25, 0.3) is 0 Å². The highest BCUT2D eigenvalue weighted by atomic mass is 35.5. The standard InChI is InChI=1S/C16H14ClFN2O2S/c1-22-15-7-2-11(8-14(15)18)9-19-20-16(21)10-23-13-5-3-12(17)4-6-13/h2-9H,10H2,1H3,(H,20,21)/b19-9-. The van der Waals surface area contributed by atoms with E-state index in [1.165, 1.54) is 37.2 Å². The lowest BCUT2D eigenvalue weighted by molar-refractivity contribution is -0.118. The Kier molecular flexibility index (Phi) is 6.43. The van der Waals surface area contributed by atoms with Crippen molar-refractivity contribution in [2.45, 2.75) is 4.90 Å². The van der Waals surface area contributed by atoms with Crippen LogP contribution in [0.25, 0.3) is 0 Å². The Bertz CT molecular complexity index is 708. The normalized spacial score (nSPS) is 10.7. The Hall–Kier alpha value is -2.05. The maximum absolute atomic E-state index is 13.5. The van der Waals surface area contributed by atoms with Crippen LogP contribution in [0.15, 0.2) is 52.5 Å². The molecule has 2 aromatic rings. The van der Waals surface area contributed by atoms with Gasteiger partial charge in [-0.25, -0.2) is 9.82 Å². The second kappa shape index (κ2) is 8.55. The van der Waals surface area contributed by atoms with Gasteiger partial charge in [0.2, 0.25) is 5.91 Å². The molecule has 7 heteroatoms. The molecule has 0 saturated carbocycles. The Morgan fingerprint density at radius 3 is 2.74 bits per heavy atom. The van der Waals surface area contributed by atoms with Gasteiger partial charge in [0.1, 0.15) is 0 Å². The van der Waals surface area contributed by atoms with Gasteiger partial charge >= 0.3 is 0 Å². The molecular formula is C16H14ClFN2O2S. The predicted octanol–water partition coefficient (Wildman–Crippen LogP) is 3.73. The smallest absolute Gasteiger partial charge is 0.250 e. The van der Waals surface area contributed by atoms with E-state index in [0.29, 0.717) is 10.6 Å². The first kappa shape index (κ1) is 17.3. The molecule has 0 aliphatic rings. The molecule has 0 atom stereocenters. The maximum Gasteiger partial charge on any atom is 0.250 e. The number of nitrogens with one attached hydrogen (secondary N) is 1. The highest BCUT2D eigenvalue weighted by Gasteiger charge is 2.03. The molecule has 120 valence electrons. The molecule has 0 aliphatic heterocycles. The van der Waals surface area contributed by atoms with E-state index in [1.54, 1.807) is 18.2 Å². The summed E-state index contributed by atoms with van der Waals surface area (Å²) in [6.07, 6.45) is 1.37. The van der Waals surface area contributed by atoms with E-state index in [2.05, 4.69) is 10.5 Å². The molecule has 0 bridgehead atoms. The zero-order chi connectivity index (χ0) is 16.7. The van der Waals surface area contributed by atoms with Crippen molar-refractivity contribution in [3.05, 3.63) is 58.9 Å². The van der Waals surface area contributed by atoms with E-state index in [9.17, 15) is 9.18 Å². The molecule has 4 nitrogen and oxygen atoms in total. The molecule has 1 N–H and O–H groups in total. The van der Waals surface area contributed by atoms with Crippen molar-refractivity contribution in [3.63, 3.8) is 0 Å². The van der Waals surface area contributed by atoms with Crippen LogP contribution in [0.1, 0.15) is 5.56 Å². The number of benzene rings is 2. The van der Waals surface area contributed by atoms with E-state index in [4.69, 9.17) is 16.3 Å². The summed E-state index contributed by atoms with van der Waals surface area (Å²) in [6.45, 7) is 0. The number of thioether (sulfide) groups is 1. The lowest BCUT2D eigenvalue weighted by Gasteiger charge is -2.02. The number of ether oxygens (including phenoxy) is 1. The van der Waals surface area contributed by atoms with Crippen LogP contribution >= 0.6 is 23.4 Å². The van der Waals surface area contributed by atoms with Crippen LogP contribution in [-0.2, 0) is 4.79 Å². The molecular weight excluding hydrogens is 339 g/mol. The number of carbonyl (C=O) groups excluding carboxylic acids is 1. The molecule has 0 saturated heterocycles. The first-order chi connectivity index (χ1) is 11.1. The van der Waals surface area contributed by atoms with E-state index in [-0.39, 0.29) is 17.4 Å². The van der Waals surface area contributed by atoms with Crippen LogP contribution in [0.4, 0.5) is 4.39 Å². The number of methoxy groups -OCH3 is 1. The van der Waals surface area contributed by atoms with Gasteiger partial charge < -0.3 is 4.74 Å². The van der Waals surface area contributed by atoms with Gasteiger partial charge in [-0.05, 0) is 48.0 Å². The van der Waals surface area contributed by atoms with Crippen molar-refractivity contribution in [1.82, 2.24) is 5.43 Å². The zero-order valence-electron chi connectivity index (χ0n) is 12.3. The van der Waals surface area contributed by atoms with Crippen LogP contribution < -0.4 is 10.2 Å². The van der Waals surface area contributed by atoms with Crippen LogP contribution in [0, 0.1) is 5.82 Å². The van der Waals surface area contributed by atoms with Crippen LogP contribution in [0.2, 0.25) is 5.02 Å². The lowest BCUT2D eigenvalue weighted by Crippen LogP contribution is -2.19. The quantitative estimate of drug-likeness (QED) is 0.489. The summed E-state index contributed by atoms with van der Waals surface area (Å²) in [7, 11) is 1.39. The third-order valence-corrected chi connectivity index (χ3v) is 4.03. The van der Waals surface area contributed by atoms with Gasteiger partial charge in [-0.15, -0.1) is 11.8 Å². The SMILES string of the molecule is COc1ccc(/C=N\NC(=O)CSc2ccc(Cl)cc2)cc1F. The van der Waals surface area contributed by atoms with Crippen molar-refractivity contribution in [2.24, 2.45) is 5.10 Å². The summed E-state index contributed by atoms with van der Waals surface area (Å²) in [5, 5.41) is 4.45. The van der Waals surface area contributed by atoms with Gasteiger partial charge in [-0.2, -0.15) is 5.10 Å². The van der Waals surface area contributed by atoms with Crippen LogP contribution in [0.5, 0.6) is 5.75 Å². The molecule has 0 spiro atoms. The largest absolute Gasteiger partial charge is 0.494 e. The number of rotatable bonds is 6. The van der Waals surface area contributed by atoms with Gasteiger partial charge in [-0.3, -0.25) is 4.79 Å². The minimum atomic E-state index is -0.485.